The maximum atomic E-state index is 12.5. The summed E-state index contributed by atoms with van der Waals surface area (Å²) in [4.78, 5) is 14.2. The largest absolute Gasteiger partial charge is 0.324 e. The van der Waals surface area contributed by atoms with E-state index in [1.54, 1.807) is 25.7 Å². The lowest BCUT2D eigenvalue weighted by Gasteiger charge is -2.33. The monoisotopic (exact) mass is 395 g/mol. The van der Waals surface area contributed by atoms with E-state index in [1.165, 1.54) is 5.56 Å². The minimum absolute atomic E-state index is 0.118. The van der Waals surface area contributed by atoms with Crippen molar-refractivity contribution in [2.45, 2.75) is 70.6 Å². The summed E-state index contributed by atoms with van der Waals surface area (Å²) in [6, 6.07) is 7.72. The number of hydrogen-bond acceptors (Lipinski definition) is 3. The van der Waals surface area contributed by atoms with Crippen molar-refractivity contribution in [3.05, 3.63) is 29.8 Å². The minimum atomic E-state index is -3.37. The van der Waals surface area contributed by atoms with Crippen LogP contribution in [-0.4, -0.2) is 43.2 Å². The van der Waals surface area contributed by atoms with Crippen LogP contribution in [0.4, 0.5) is 10.5 Å². The maximum absolute atomic E-state index is 12.5. The van der Waals surface area contributed by atoms with Gasteiger partial charge >= 0.3 is 6.03 Å². The van der Waals surface area contributed by atoms with E-state index in [4.69, 9.17) is 0 Å². The highest BCUT2D eigenvalue weighted by molar-refractivity contribution is 7.90. The molecule has 6 nitrogen and oxygen atoms in total. The Morgan fingerprint density at radius 3 is 2.22 bits per heavy atom. The van der Waals surface area contributed by atoms with Gasteiger partial charge in [0.25, 0.3) is 0 Å². The summed E-state index contributed by atoms with van der Waals surface area (Å²) in [6.45, 7) is 10.5. The van der Waals surface area contributed by atoms with E-state index < -0.39 is 14.8 Å². The van der Waals surface area contributed by atoms with Crippen molar-refractivity contribution < 1.29 is 13.2 Å². The summed E-state index contributed by atoms with van der Waals surface area (Å²) in [5.74, 6) is 0.505. The number of sulfonamides is 1. The first kappa shape index (κ1) is 21.7. The van der Waals surface area contributed by atoms with Gasteiger partial charge in [0.15, 0.2) is 0 Å². The van der Waals surface area contributed by atoms with Crippen LogP contribution >= 0.6 is 0 Å². The van der Waals surface area contributed by atoms with Crippen LogP contribution in [0.2, 0.25) is 0 Å². The van der Waals surface area contributed by atoms with E-state index in [1.807, 2.05) is 12.1 Å². The normalized spacial score (nSPS) is 17.6. The van der Waals surface area contributed by atoms with Crippen molar-refractivity contribution in [3.8, 4) is 0 Å². The summed E-state index contributed by atoms with van der Waals surface area (Å²) in [5.41, 5.74) is 2.05. The van der Waals surface area contributed by atoms with Crippen LogP contribution in [-0.2, 0) is 10.0 Å². The first-order valence-corrected chi connectivity index (χ1v) is 11.2. The van der Waals surface area contributed by atoms with Crippen molar-refractivity contribution in [2.75, 3.05) is 18.4 Å². The number of nitrogens with zero attached hydrogens (tertiary/aromatic N) is 1. The molecule has 1 aliphatic rings. The molecule has 1 aromatic carbocycles. The summed E-state index contributed by atoms with van der Waals surface area (Å²) in [5, 5.41) is 2.93. The third-order valence-corrected chi connectivity index (χ3v) is 7.51. The van der Waals surface area contributed by atoms with Gasteiger partial charge in [-0.3, -0.25) is 0 Å². The Labute approximate surface area is 163 Å². The lowest BCUT2D eigenvalue weighted by atomic mass is 9.99. The van der Waals surface area contributed by atoms with Crippen molar-refractivity contribution in [1.29, 1.82) is 0 Å². The molecule has 152 valence electrons. The maximum Gasteiger partial charge on any atom is 0.321 e. The number of likely N-dealkylation sites (tertiary alicyclic amines) is 1. The highest BCUT2D eigenvalue weighted by Crippen LogP contribution is 2.21. The third kappa shape index (κ3) is 5.69. The predicted octanol–water partition coefficient (Wildman–Crippen LogP) is 3.91. The molecule has 2 rings (SSSR count). The molecule has 1 aromatic rings. The molecule has 1 heterocycles. The second kappa shape index (κ2) is 8.61. The molecule has 1 unspecified atom stereocenters. The van der Waals surface area contributed by atoms with Gasteiger partial charge in [0, 0.05) is 24.8 Å². The average Bonchev–Trinajstić information content (AvgIpc) is 2.61. The molecule has 1 atom stereocenters. The van der Waals surface area contributed by atoms with Gasteiger partial charge in [-0.1, -0.05) is 26.0 Å². The Morgan fingerprint density at radius 2 is 1.74 bits per heavy atom. The van der Waals surface area contributed by atoms with E-state index >= 15 is 0 Å². The van der Waals surface area contributed by atoms with Gasteiger partial charge in [-0.05, 0) is 63.6 Å². The zero-order valence-corrected chi connectivity index (χ0v) is 17.9. The second-order valence-electron chi connectivity index (χ2n) is 8.36. The molecular formula is C20H33N3O3S. The Kier molecular flexibility index (Phi) is 6.92. The van der Waals surface area contributed by atoms with Crippen LogP contribution in [0, 0.1) is 0 Å². The van der Waals surface area contributed by atoms with Crippen molar-refractivity contribution in [2.24, 2.45) is 0 Å². The lowest BCUT2D eigenvalue weighted by molar-refractivity contribution is 0.193. The second-order valence-corrected chi connectivity index (χ2v) is 10.8. The van der Waals surface area contributed by atoms with E-state index in [9.17, 15) is 13.2 Å². The van der Waals surface area contributed by atoms with Crippen LogP contribution in [0.5, 0.6) is 0 Å². The van der Waals surface area contributed by atoms with Gasteiger partial charge in [0.05, 0.1) is 4.75 Å². The molecule has 0 radical (unpaired) electrons. The number of benzene rings is 1. The number of carbonyl (C=O) groups excluding carboxylic acids is 1. The summed E-state index contributed by atoms with van der Waals surface area (Å²) in [6.07, 6.45) is 2.32. The van der Waals surface area contributed by atoms with Crippen molar-refractivity contribution in [1.82, 2.24) is 9.62 Å². The third-order valence-electron chi connectivity index (χ3n) is 5.25. The summed E-state index contributed by atoms with van der Waals surface area (Å²) < 4.78 is 26.5. The molecule has 2 amide bonds. The number of carbonyl (C=O) groups is 1. The quantitative estimate of drug-likeness (QED) is 0.793. The fraction of sp³-hybridized carbons (Fsp3) is 0.650. The molecule has 2 N–H and O–H groups in total. The molecule has 0 bridgehead atoms. The summed E-state index contributed by atoms with van der Waals surface area (Å²) in [7, 11) is -3.37. The molecular weight excluding hydrogens is 362 g/mol. The molecule has 1 fully saturated rings. The van der Waals surface area contributed by atoms with E-state index in [0.29, 0.717) is 31.8 Å². The number of piperidine rings is 1. The SMILES string of the molecule is CCC(C)c1ccc(NC(=O)N2CCC(NS(=O)(=O)C(C)(C)C)CC2)cc1. The molecule has 0 spiro atoms. The number of anilines is 1. The van der Waals surface area contributed by atoms with Gasteiger partial charge in [0.2, 0.25) is 10.0 Å². The topological polar surface area (TPSA) is 78.5 Å². The van der Waals surface area contributed by atoms with Gasteiger partial charge in [-0.15, -0.1) is 0 Å². The van der Waals surface area contributed by atoms with Crippen molar-refractivity contribution >= 4 is 21.7 Å². The summed E-state index contributed by atoms with van der Waals surface area (Å²) >= 11 is 0. The minimum Gasteiger partial charge on any atom is -0.324 e. The van der Waals surface area contributed by atoms with E-state index in [2.05, 4.69) is 36.0 Å². The van der Waals surface area contributed by atoms with Gasteiger partial charge in [0.1, 0.15) is 0 Å². The lowest BCUT2D eigenvalue weighted by Crippen LogP contribution is -2.50. The smallest absolute Gasteiger partial charge is 0.321 e. The molecule has 27 heavy (non-hydrogen) atoms. The molecule has 1 aliphatic heterocycles. The first-order valence-electron chi connectivity index (χ1n) is 9.71. The highest BCUT2D eigenvalue weighted by Gasteiger charge is 2.33. The van der Waals surface area contributed by atoms with Gasteiger partial charge in [-0.25, -0.2) is 17.9 Å². The van der Waals surface area contributed by atoms with Crippen LogP contribution in [0.15, 0.2) is 24.3 Å². The van der Waals surface area contributed by atoms with Gasteiger partial charge in [-0.2, -0.15) is 0 Å². The number of urea groups is 1. The average molecular weight is 396 g/mol. The molecule has 7 heteroatoms. The van der Waals surface area contributed by atoms with Crippen LogP contribution in [0.25, 0.3) is 0 Å². The van der Waals surface area contributed by atoms with E-state index in [-0.39, 0.29) is 12.1 Å². The standard InChI is InChI=1S/C20H33N3O3S/c1-6-15(2)16-7-9-17(10-8-16)21-19(24)23-13-11-18(12-14-23)22-27(25,26)20(3,4)5/h7-10,15,18,22H,6,11-14H2,1-5H3,(H,21,24). The molecule has 1 saturated heterocycles. The Morgan fingerprint density at radius 1 is 1.19 bits per heavy atom. The zero-order chi connectivity index (χ0) is 20.2. The van der Waals surface area contributed by atoms with Crippen LogP contribution in [0.1, 0.15) is 65.4 Å². The first-order chi connectivity index (χ1) is 12.5. The zero-order valence-electron chi connectivity index (χ0n) is 17.1. The van der Waals surface area contributed by atoms with Crippen LogP contribution in [0.3, 0.4) is 0 Å². The van der Waals surface area contributed by atoms with Crippen LogP contribution < -0.4 is 10.0 Å². The number of rotatable bonds is 5. The Balaban J connectivity index is 1.86. The number of amides is 2. The van der Waals surface area contributed by atoms with Gasteiger partial charge < -0.3 is 10.2 Å². The molecule has 0 aromatic heterocycles. The Hall–Kier alpha value is -1.60. The number of nitrogens with one attached hydrogen (secondary N) is 2. The fourth-order valence-electron chi connectivity index (χ4n) is 2.93. The predicted molar refractivity (Wildman–Crippen MR) is 111 cm³/mol. The fourth-order valence-corrected chi connectivity index (χ4v) is 3.96. The van der Waals surface area contributed by atoms with E-state index in [0.717, 1.165) is 12.1 Å². The number of hydrogen-bond donors (Lipinski definition) is 2. The highest BCUT2D eigenvalue weighted by atomic mass is 32.2. The van der Waals surface area contributed by atoms with Crippen molar-refractivity contribution in [3.63, 3.8) is 0 Å². The molecule has 0 aliphatic carbocycles. The molecule has 0 saturated carbocycles. The Bertz CT molecular complexity index is 731.